The molecule has 7 heteroatoms. The molecule has 0 fully saturated rings. The Morgan fingerprint density at radius 1 is 1.30 bits per heavy atom. The van der Waals surface area contributed by atoms with Gasteiger partial charge in [-0.3, -0.25) is 0 Å². The van der Waals surface area contributed by atoms with Crippen molar-refractivity contribution >= 4 is 52.0 Å². The molecule has 2 aromatic rings. The Kier molecular flexibility index (Phi) is 8.56. The summed E-state index contributed by atoms with van der Waals surface area (Å²) in [7, 11) is 4.03. The molecule has 146 valence electrons. The van der Waals surface area contributed by atoms with Crippen LogP contribution in [0, 0.1) is 0 Å². The molecule has 0 saturated heterocycles. The lowest BCUT2D eigenvalue weighted by Crippen LogP contribution is -2.43. The van der Waals surface area contributed by atoms with Crippen molar-refractivity contribution in [2.75, 3.05) is 38.6 Å². The highest BCUT2D eigenvalue weighted by molar-refractivity contribution is 14.0. The SMILES string of the molecule is CCNC(=NCc1csc(N(C)C)n1)N1CC=C(c2ccccc2)CC1.I. The number of nitrogens with one attached hydrogen (secondary N) is 1. The summed E-state index contributed by atoms with van der Waals surface area (Å²) in [6, 6.07) is 10.6. The fourth-order valence-corrected chi connectivity index (χ4v) is 3.68. The van der Waals surface area contributed by atoms with Crippen LogP contribution >= 0.6 is 35.3 Å². The molecule has 0 radical (unpaired) electrons. The van der Waals surface area contributed by atoms with Crippen LogP contribution in [0.4, 0.5) is 5.13 Å². The first-order valence-corrected chi connectivity index (χ1v) is 9.94. The van der Waals surface area contributed by atoms with Gasteiger partial charge in [-0.2, -0.15) is 0 Å². The third kappa shape index (κ3) is 5.93. The van der Waals surface area contributed by atoms with Crippen molar-refractivity contribution in [1.82, 2.24) is 15.2 Å². The molecular formula is C20H28IN5S. The lowest BCUT2D eigenvalue weighted by atomic mass is 10.00. The Hall–Kier alpha value is -1.61. The van der Waals surface area contributed by atoms with Crippen LogP contribution in [-0.2, 0) is 6.54 Å². The van der Waals surface area contributed by atoms with E-state index in [0.29, 0.717) is 6.54 Å². The van der Waals surface area contributed by atoms with E-state index in [9.17, 15) is 0 Å². The molecule has 1 N–H and O–H groups in total. The summed E-state index contributed by atoms with van der Waals surface area (Å²) in [5.41, 5.74) is 3.77. The second-order valence-electron chi connectivity index (χ2n) is 6.48. The van der Waals surface area contributed by atoms with E-state index in [1.807, 2.05) is 19.0 Å². The summed E-state index contributed by atoms with van der Waals surface area (Å²) in [6.45, 7) is 5.45. The maximum atomic E-state index is 4.81. The number of rotatable bonds is 5. The highest BCUT2D eigenvalue weighted by Gasteiger charge is 2.16. The molecule has 1 aromatic carbocycles. The van der Waals surface area contributed by atoms with Crippen LogP contribution in [0.2, 0.25) is 0 Å². The smallest absolute Gasteiger partial charge is 0.194 e. The largest absolute Gasteiger partial charge is 0.356 e. The topological polar surface area (TPSA) is 43.8 Å². The minimum absolute atomic E-state index is 0. The number of guanidine groups is 1. The Labute approximate surface area is 183 Å². The lowest BCUT2D eigenvalue weighted by Gasteiger charge is -2.29. The minimum atomic E-state index is 0. The second-order valence-corrected chi connectivity index (χ2v) is 7.31. The van der Waals surface area contributed by atoms with Gasteiger partial charge in [0.25, 0.3) is 0 Å². The fourth-order valence-electron chi connectivity index (χ4n) is 2.93. The van der Waals surface area contributed by atoms with Crippen LogP contribution in [0.1, 0.15) is 24.6 Å². The van der Waals surface area contributed by atoms with Gasteiger partial charge in [-0.05, 0) is 24.5 Å². The van der Waals surface area contributed by atoms with Gasteiger partial charge in [0.1, 0.15) is 0 Å². The number of aliphatic imine (C=N–C) groups is 1. The Morgan fingerprint density at radius 2 is 2.07 bits per heavy atom. The van der Waals surface area contributed by atoms with Gasteiger partial charge in [-0.15, -0.1) is 35.3 Å². The van der Waals surface area contributed by atoms with Crippen molar-refractivity contribution in [3.63, 3.8) is 0 Å². The first kappa shape index (κ1) is 21.7. The lowest BCUT2D eigenvalue weighted by molar-refractivity contribution is 0.440. The molecule has 0 atom stereocenters. The highest BCUT2D eigenvalue weighted by Crippen LogP contribution is 2.22. The predicted octanol–water partition coefficient (Wildman–Crippen LogP) is 4.08. The summed E-state index contributed by atoms with van der Waals surface area (Å²) >= 11 is 1.66. The number of nitrogens with zero attached hydrogens (tertiary/aromatic N) is 4. The number of thiazole rings is 1. The highest BCUT2D eigenvalue weighted by atomic mass is 127. The maximum absolute atomic E-state index is 4.81. The first-order chi connectivity index (χ1) is 12.7. The Balaban J connectivity index is 0.00000261. The van der Waals surface area contributed by atoms with Crippen LogP contribution < -0.4 is 10.2 Å². The number of halogens is 1. The molecule has 0 bridgehead atoms. The monoisotopic (exact) mass is 497 g/mol. The van der Waals surface area contributed by atoms with E-state index in [1.165, 1.54) is 11.1 Å². The molecular weight excluding hydrogens is 469 g/mol. The molecule has 0 spiro atoms. The van der Waals surface area contributed by atoms with Crippen LogP contribution in [0.25, 0.3) is 5.57 Å². The van der Waals surface area contributed by atoms with Gasteiger partial charge >= 0.3 is 0 Å². The second kappa shape index (κ2) is 10.7. The summed E-state index contributed by atoms with van der Waals surface area (Å²) in [5, 5.41) is 6.53. The van der Waals surface area contributed by atoms with Gasteiger partial charge in [0, 0.05) is 39.1 Å². The van der Waals surface area contributed by atoms with Gasteiger partial charge in [-0.25, -0.2) is 9.98 Å². The maximum Gasteiger partial charge on any atom is 0.194 e. The van der Waals surface area contributed by atoms with E-state index in [0.717, 1.165) is 42.8 Å². The van der Waals surface area contributed by atoms with E-state index >= 15 is 0 Å². The summed E-state index contributed by atoms with van der Waals surface area (Å²) < 4.78 is 0. The van der Waals surface area contributed by atoms with Crippen molar-refractivity contribution in [3.8, 4) is 0 Å². The quantitative estimate of drug-likeness (QED) is 0.384. The van der Waals surface area contributed by atoms with Crippen molar-refractivity contribution in [2.24, 2.45) is 4.99 Å². The molecule has 27 heavy (non-hydrogen) atoms. The van der Waals surface area contributed by atoms with E-state index < -0.39 is 0 Å². The van der Waals surface area contributed by atoms with E-state index in [2.05, 4.69) is 63.9 Å². The average molecular weight is 497 g/mol. The molecule has 2 heterocycles. The zero-order chi connectivity index (χ0) is 18.4. The molecule has 1 aliphatic rings. The first-order valence-electron chi connectivity index (χ1n) is 9.07. The van der Waals surface area contributed by atoms with E-state index in [4.69, 9.17) is 4.99 Å². The van der Waals surface area contributed by atoms with Crippen molar-refractivity contribution in [2.45, 2.75) is 19.9 Å². The van der Waals surface area contributed by atoms with Gasteiger partial charge in [-0.1, -0.05) is 36.4 Å². The van der Waals surface area contributed by atoms with E-state index in [1.54, 1.807) is 11.3 Å². The molecule has 3 rings (SSSR count). The molecule has 0 aliphatic carbocycles. The Morgan fingerprint density at radius 3 is 2.67 bits per heavy atom. The van der Waals surface area contributed by atoms with Crippen molar-refractivity contribution < 1.29 is 0 Å². The average Bonchev–Trinajstić information content (AvgIpc) is 3.15. The minimum Gasteiger partial charge on any atom is -0.356 e. The number of anilines is 1. The predicted molar refractivity (Wildman–Crippen MR) is 127 cm³/mol. The third-order valence-corrected chi connectivity index (χ3v) is 5.36. The molecule has 1 aromatic heterocycles. The molecule has 0 unspecified atom stereocenters. The van der Waals surface area contributed by atoms with Crippen molar-refractivity contribution in [1.29, 1.82) is 0 Å². The summed E-state index contributed by atoms with van der Waals surface area (Å²) in [4.78, 5) is 13.8. The van der Waals surface area contributed by atoms with Gasteiger partial charge in [0.05, 0.1) is 12.2 Å². The number of hydrogen-bond donors (Lipinski definition) is 1. The molecule has 0 amide bonds. The molecule has 1 aliphatic heterocycles. The van der Waals surface area contributed by atoms with Gasteiger partial charge < -0.3 is 15.1 Å². The normalized spacial score (nSPS) is 14.4. The van der Waals surface area contributed by atoms with Crippen LogP contribution in [0.3, 0.4) is 0 Å². The molecule has 0 saturated carbocycles. The Bertz CT molecular complexity index is 770. The van der Waals surface area contributed by atoms with Crippen molar-refractivity contribution in [3.05, 3.63) is 53.0 Å². The van der Waals surface area contributed by atoms with Crippen LogP contribution in [0.15, 0.2) is 46.8 Å². The number of aromatic nitrogens is 1. The number of hydrogen-bond acceptors (Lipinski definition) is 4. The zero-order valence-electron chi connectivity index (χ0n) is 16.2. The standard InChI is InChI=1S/C20H27N5S.HI/c1-4-21-19(22-14-18-15-26-20(23-18)24(2)3)25-12-10-17(11-13-25)16-8-6-5-7-9-16;/h5-10,15H,4,11-14H2,1-3H3,(H,21,22);1H. The van der Waals surface area contributed by atoms with Crippen LogP contribution in [-0.4, -0.2) is 49.6 Å². The fraction of sp³-hybridized carbons (Fsp3) is 0.400. The van der Waals surface area contributed by atoms with Gasteiger partial charge in [0.15, 0.2) is 11.1 Å². The zero-order valence-corrected chi connectivity index (χ0v) is 19.3. The number of benzene rings is 1. The van der Waals surface area contributed by atoms with E-state index in [-0.39, 0.29) is 24.0 Å². The summed E-state index contributed by atoms with van der Waals surface area (Å²) in [5.74, 6) is 0.968. The van der Waals surface area contributed by atoms with Gasteiger partial charge in [0.2, 0.25) is 0 Å². The molecule has 5 nitrogen and oxygen atoms in total. The third-order valence-electron chi connectivity index (χ3n) is 4.30. The summed E-state index contributed by atoms with van der Waals surface area (Å²) in [6.07, 6.45) is 3.36. The van der Waals surface area contributed by atoms with Crippen LogP contribution in [0.5, 0.6) is 0 Å².